The first kappa shape index (κ1) is 56.1. The van der Waals surface area contributed by atoms with Crippen molar-refractivity contribution in [3.05, 3.63) is 122 Å². The van der Waals surface area contributed by atoms with Crippen LogP contribution in [0.5, 0.6) is 0 Å². The molecule has 73 heavy (non-hydrogen) atoms. The third-order valence-electron chi connectivity index (χ3n) is 13.4. The highest BCUT2D eigenvalue weighted by atomic mass is 19.4. The van der Waals surface area contributed by atoms with E-state index in [1.807, 2.05) is 0 Å². The predicted molar refractivity (Wildman–Crippen MR) is 219 cm³/mol. The number of amides is 4. The van der Waals surface area contributed by atoms with E-state index >= 15 is 26.3 Å². The summed E-state index contributed by atoms with van der Waals surface area (Å²) in [7, 11) is 0. The van der Waals surface area contributed by atoms with Crippen LogP contribution in [-0.2, 0) is 16.6 Å². The predicted octanol–water partition coefficient (Wildman–Crippen LogP) is 12.7. The van der Waals surface area contributed by atoms with Gasteiger partial charge in [-0.05, 0) is 121 Å². The Kier molecular flexibility index (Phi) is 13.4. The van der Waals surface area contributed by atoms with Gasteiger partial charge in [0.2, 0.25) is 5.41 Å². The van der Waals surface area contributed by atoms with Crippen LogP contribution in [0, 0.1) is 13.8 Å². The molecule has 0 radical (unpaired) electrons. The molecule has 2 atom stereocenters. The number of carbonyl (C=O) groups excluding carboxylic acids is 4. The molecule has 0 saturated heterocycles. The number of halogens is 18. The van der Waals surface area contributed by atoms with Crippen molar-refractivity contribution in [2.75, 3.05) is 4.90 Å². The Hall–Kier alpha value is -6.18. The maximum atomic E-state index is 15.4. The van der Waals surface area contributed by atoms with Crippen molar-refractivity contribution in [1.29, 1.82) is 0 Å². The number of aryl methyl sites for hydroxylation is 2. The molecule has 2 heterocycles. The van der Waals surface area contributed by atoms with E-state index in [-0.39, 0.29) is 61.4 Å². The number of fused-ring (bicyclic) bond motifs is 2. The zero-order chi connectivity index (χ0) is 55.7. The minimum atomic E-state index is -6.97. The SMILES string of the molecule is CCC(C)c1cc(C)c(-c2cc(C(O)(C(F)(F)F)C(F)(F)F)c(N3C(=O)c4ccc(C(c5ccc6c(c5)C(=O)N(C(C)CC)C6=O)(C(F)(F)F)C(F)(F)F)cc4C3=O)cc2C)cc1C(O)(C(F)(F)F)C(F)(F)F. The van der Waals surface area contributed by atoms with Crippen molar-refractivity contribution in [2.45, 2.75) is 120 Å². The molecule has 0 saturated carbocycles. The molecule has 8 nitrogen and oxygen atoms in total. The molecule has 0 spiro atoms. The molecular weight excluding hydrogens is 1030 g/mol. The molecule has 0 aromatic heterocycles. The number of hydrogen-bond donors (Lipinski definition) is 2. The molecular formula is C47H36F18N2O6. The first-order valence-electron chi connectivity index (χ1n) is 21.3. The third-order valence-corrected chi connectivity index (χ3v) is 13.4. The second-order valence-corrected chi connectivity index (χ2v) is 17.6. The zero-order valence-corrected chi connectivity index (χ0v) is 38.1. The highest BCUT2D eigenvalue weighted by Crippen LogP contribution is 2.59. The van der Waals surface area contributed by atoms with E-state index < -0.39 is 172 Å². The van der Waals surface area contributed by atoms with E-state index in [0.29, 0.717) is 17.0 Å². The molecule has 396 valence electrons. The number of nitrogens with zero attached hydrogens (tertiary/aromatic N) is 2. The fraction of sp³-hybridized carbons (Fsp3) is 0.404. The summed E-state index contributed by atoms with van der Waals surface area (Å²) in [5.41, 5.74) is -36.1. The van der Waals surface area contributed by atoms with Crippen LogP contribution >= 0.6 is 0 Å². The van der Waals surface area contributed by atoms with Crippen LogP contribution in [0.2, 0.25) is 0 Å². The Balaban J connectivity index is 1.65. The summed E-state index contributed by atoms with van der Waals surface area (Å²) >= 11 is 0. The van der Waals surface area contributed by atoms with Gasteiger partial charge < -0.3 is 10.2 Å². The number of rotatable bonds is 10. The van der Waals surface area contributed by atoms with Crippen molar-refractivity contribution < 1.29 is 108 Å². The lowest BCUT2D eigenvalue weighted by atomic mass is 9.71. The maximum Gasteiger partial charge on any atom is 0.430 e. The van der Waals surface area contributed by atoms with Gasteiger partial charge in [-0.2, -0.15) is 79.0 Å². The van der Waals surface area contributed by atoms with E-state index in [9.17, 15) is 82.1 Å². The van der Waals surface area contributed by atoms with Gasteiger partial charge in [0.05, 0.1) is 27.9 Å². The Morgan fingerprint density at radius 2 is 0.822 bits per heavy atom. The average molecular weight is 1070 g/mol. The molecule has 0 fully saturated rings. The van der Waals surface area contributed by atoms with E-state index in [1.165, 1.54) is 20.8 Å². The van der Waals surface area contributed by atoms with E-state index in [1.54, 1.807) is 0 Å². The molecule has 0 bridgehead atoms. The van der Waals surface area contributed by atoms with Crippen LogP contribution in [0.25, 0.3) is 11.1 Å². The largest absolute Gasteiger partial charge is 0.430 e. The van der Waals surface area contributed by atoms with Crippen molar-refractivity contribution in [3.8, 4) is 11.1 Å². The Morgan fingerprint density at radius 3 is 1.23 bits per heavy atom. The third kappa shape index (κ3) is 8.11. The highest BCUT2D eigenvalue weighted by Gasteiger charge is 2.75. The Labute approximate surface area is 400 Å². The van der Waals surface area contributed by atoms with Gasteiger partial charge in [0.15, 0.2) is 0 Å². The highest BCUT2D eigenvalue weighted by molar-refractivity contribution is 6.35. The van der Waals surface area contributed by atoms with E-state index in [4.69, 9.17) is 0 Å². The maximum absolute atomic E-state index is 15.4. The van der Waals surface area contributed by atoms with E-state index in [0.717, 1.165) is 20.8 Å². The summed E-state index contributed by atoms with van der Waals surface area (Å²) in [6, 6.07) is 0.236. The number of anilines is 1. The molecule has 2 unspecified atom stereocenters. The van der Waals surface area contributed by atoms with E-state index in [2.05, 4.69) is 0 Å². The molecule has 4 aromatic carbocycles. The van der Waals surface area contributed by atoms with Gasteiger partial charge in [-0.1, -0.05) is 39.0 Å². The monoisotopic (exact) mass is 1070 g/mol. The van der Waals surface area contributed by atoms with Crippen LogP contribution in [0.1, 0.15) is 127 Å². The van der Waals surface area contributed by atoms with Gasteiger partial charge in [-0.3, -0.25) is 24.1 Å². The second kappa shape index (κ2) is 17.5. The minimum Gasteiger partial charge on any atom is -0.369 e. The number of aliphatic hydroxyl groups is 2. The number of alkyl halides is 18. The quantitative estimate of drug-likeness (QED) is 0.121. The lowest BCUT2D eigenvalue weighted by Crippen LogP contribution is -2.55. The Morgan fingerprint density at radius 1 is 0.452 bits per heavy atom. The topological polar surface area (TPSA) is 115 Å². The van der Waals surface area contributed by atoms with Gasteiger partial charge in [-0.15, -0.1) is 0 Å². The zero-order valence-electron chi connectivity index (χ0n) is 38.1. The molecule has 26 heteroatoms. The van der Waals surface area contributed by atoms with Crippen LogP contribution < -0.4 is 4.90 Å². The van der Waals surface area contributed by atoms with Gasteiger partial charge in [-0.25, -0.2) is 4.90 Å². The lowest BCUT2D eigenvalue weighted by molar-refractivity contribution is -0.376. The smallest absolute Gasteiger partial charge is 0.369 e. The summed E-state index contributed by atoms with van der Waals surface area (Å²) in [4.78, 5) is 54.5. The molecule has 4 amide bonds. The minimum absolute atomic E-state index is 0.0102. The summed E-state index contributed by atoms with van der Waals surface area (Å²) in [5.74, 6) is -7.87. The number of carbonyl (C=O) groups is 4. The average Bonchev–Trinajstić information content (AvgIpc) is 3.65. The first-order chi connectivity index (χ1) is 33.0. The van der Waals surface area contributed by atoms with Crippen molar-refractivity contribution in [3.63, 3.8) is 0 Å². The molecule has 6 rings (SSSR count). The molecule has 0 aliphatic carbocycles. The van der Waals surface area contributed by atoms with Crippen molar-refractivity contribution in [1.82, 2.24) is 4.90 Å². The first-order valence-corrected chi connectivity index (χ1v) is 21.3. The fourth-order valence-corrected chi connectivity index (χ4v) is 9.10. The molecule has 2 N–H and O–H groups in total. The summed E-state index contributed by atoms with van der Waals surface area (Å²) in [5, 5.41) is 21.4. The van der Waals surface area contributed by atoms with Crippen LogP contribution in [0.3, 0.4) is 0 Å². The van der Waals surface area contributed by atoms with Gasteiger partial charge in [0.25, 0.3) is 34.8 Å². The molecule has 2 aliphatic heterocycles. The fourth-order valence-electron chi connectivity index (χ4n) is 9.10. The summed E-state index contributed by atoms with van der Waals surface area (Å²) in [6.07, 6.45) is -40.3. The summed E-state index contributed by atoms with van der Waals surface area (Å²) < 4.78 is 268. The van der Waals surface area contributed by atoms with Gasteiger partial charge in [0.1, 0.15) is 0 Å². The van der Waals surface area contributed by atoms with Crippen LogP contribution in [0.15, 0.2) is 60.7 Å². The summed E-state index contributed by atoms with van der Waals surface area (Å²) in [6.45, 7) is 6.94. The second-order valence-electron chi connectivity index (χ2n) is 17.6. The van der Waals surface area contributed by atoms with Gasteiger partial charge in [0, 0.05) is 17.2 Å². The Bertz CT molecular complexity index is 2910. The van der Waals surface area contributed by atoms with Gasteiger partial charge >= 0.3 is 37.1 Å². The van der Waals surface area contributed by atoms with Crippen LogP contribution in [-0.4, -0.2) is 81.8 Å². The van der Waals surface area contributed by atoms with Crippen molar-refractivity contribution >= 4 is 29.3 Å². The standard InChI is InChI=1S/C47H36F18N2O6/c1-7-19(3)29-13-20(4)27(17-32(29)40(72,44(54,55)56)45(57,58)59)28-18-33(41(73,46(60,61)62)47(63,64)65)34(14-21(28)5)67-36(69)26-12-10-24(16-31(26)38(67)71)39(42(48,49)50,43(51,52)53)23-9-11-25-30(15-23)37(70)66(35(25)68)22(6)8-2/h9-19,22,72-73H,7-8H2,1-6H3. The lowest BCUT2D eigenvalue weighted by Gasteiger charge is -2.38. The number of hydrogen-bond acceptors (Lipinski definition) is 6. The van der Waals surface area contributed by atoms with Crippen LogP contribution in [0.4, 0.5) is 84.7 Å². The number of benzene rings is 4. The van der Waals surface area contributed by atoms with Crippen molar-refractivity contribution in [2.24, 2.45) is 0 Å². The molecule has 4 aromatic rings. The normalized spacial score (nSPS) is 16.4. The number of imide groups is 2. The molecule has 2 aliphatic rings.